The normalized spacial score (nSPS) is 16.5. The molecule has 1 N–H and O–H groups in total. The Morgan fingerprint density at radius 1 is 1.13 bits per heavy atom. The van der Waals surface area contributed by atoms with Crippen molar-refractivity contribution in [2.75, 3.05) is 26.2 Å². The maximum absolute atomic E-state index is 13.1. The van der Waals surface area contributed by atoms with Gasteiger partial charge in [-0.15, -0.1) is 0 Å². The summed E-state index contributed by atoms with van der Waals surface area (Å²) in [6.07, 6.45) is 0.762. The number of sulfonamides is 1. The molecule has 6 nitrogen and oxygen atoms in total. The van der Waals surface area contributed by atoms with Crippen molar-refractivity contribution in [3.63, 3.8) is 0 Å². The zero-order valence-electron chi connectivity index (χ0n) is 17.9. The van der Waals surface area contributed by atoms with E-state index >= 15 is 0 Å². The Labute approximate surface area is 189 Å². The van der Waals surface area contributed by atoms with Crippen LogP contribution in [0.2, 0.25) is 5.02 Å². The van der Waals surface area contributed by atoms with E-state index in [4.69, 9.17) is 11.6 Å². The standard InChI is InChI=1S/C23H29ClN2O4S/c1-3-26(4-2)31(29,30)19-10-11-21(24)20(16-19)23(28)25-14-12-18(13-15-25)22(27)17-8-6-5-7-9-17/h5-11,16,18,22,27H,3-4,12-15H2,1-2H3. The molecule has 3 rings (SSSR count). The van der Waals surface area contributed by atoms with E-state index in [1.54, 1.807) is 18.7 Å². The first-order valence-electron chi connectivity index (χ1n) is 10.6. The fourth-order valence-electron chi connectivity index (χ4n) is 4.05. The molecule has 0 aromatic heterocycles. The van der Waals surface area contributed by atoms with Gasteiger partial charge in [-0.05, 0) is 42.5 Å². The topological polar surface area (TPSA) is 77.9 Å². The lowest BCUT2D eigenvalue weighted by Crippen LogP contribution is -2.40. The Morgan fingerprint density at radius 2 is 1.74 bits per heavy atom. The van der Waals surface area contributed by atoms with Crippen LogP contribution in [0.3, 0.4) is 0 Å². The van der Waals surface area contributed by atoms with Crippen molar-refractivity contribution < 1.29 is 18.3 Å². The Kier molecular flexibility index (Phi) is 7.75. The predicted octanol–water partition coefficient (Wildman–Crippen LogP) is 3.96. The van der Waals surface area contributed by atoms with Crippen LogP contribution < -0.4 is 0 Å². The molecule has 2 aromatic rings. The highest BCUT2D eigenvalue weighted by Crippen LogP contribution is 2.32. The van der Waals surface area contributed by atoms with E-state index in [1.165, 1.54) is 22.5 Å². The minimum atomic E-state index is -3.68. The van der Waals surface area contributed by atoms with Crippen LogP contribution in [-0.2, 0) is 10.0 Å². The third-order valence-corrected chi connectivity index (χ3v) is 8.30. The lowest BCUT2D eigenvalue weighted by atomic mass is 9.87. The fraction of sp³-hybridized carbons (Fsp3) is 0.435. The van der Waals surface area contributed by atoms with Crippen LogP contribution in [0.5, 0.6) is 0 Å². The molecule has 1 amide bonds. The van der Waals surface area contributed by atoms with Crippen molar-refractivity contribution in [1.29, 1.82) is 0 Å². The van der Waals surface area contributed by atoms with E-state index in [1.807, 2.05) is 30.3 Å². The fourth-order valence-corrected chi connectivity index (χ4v) is 5.74. The lowest BCUT2D eigenvalue weighted by molar-refractivity contribution is 0.0462. The van der Waals surface area contributed by atoms with Crippen LogP contribution in [0.15, 0.2) is 53.4 Å². The molecule has 2 aromatic carbocycles. The number of aliphatic hydroxyl groups excluding tert-OH is 1. The smallest absolute Gasteiger partial charge is 0.255 e. The van der Waals surface area contributed by atoms with Gasteiger partial charge in [0.15, 0.2) is 0 Å². The van der Waals surface area contributed by atoms with Crippen LogP contribution in [0.4, 0.5) is 0 Å². The average molecular weight is 465 g/mol. The van der Waals surface area contributed by atoms with Gasteiger partial charge in [0.2, 0.25) is 10.0 Å². The largest absolute Gasteiger partial charge is 0.388 e. The zero-order chi connectivity index (χ0) is 22.6. The monoisotopic (exact) mass is 464 g/mol. The summed E-state index contributed by atoms with van der Waals surface area (Å²) in [6.45, 7) is 5.21. The summed E-state index contributed by atoms with van der Waals surface area (Å²) in [5.41, 5.74) is 1.07. The number of benzene rings is 2. The van der Waals surface area contributed by atoms with Gasteiger partial charge in [-0.2, -0.15) is 4.31 Å². The minimum absolute atomic E-state index is 0.0660. The number of piperidine rings is 1. The highest BCUT2D eigenvalue weighted by molar-refractivity contribution is 7.89. The molecule has 1 unspecified atom stereocenters. The van der Waals surface area contributed by atoms with E-state index in [2.05, 4.69) is 0 Å². The molecule has 1 heterocycles. The second-order valence-electron chi connectivity index (χ2n) is 7.72. The Balaban J connectivity index is 1.74. The molecular weight excluding hydrogens is 436 g/mol. The number of rotatable bonds is 7. The molecule has 0 saturated carbocycles. The number of aliphatic hydroxyl groups is 1. The SMILES string of the molecule is CCN(CC)S(=O)(=O)c1ccc(Cl)c(C(=O)N2CCC(C(O)c3ccccc3)CC2)c1. The number of carbonyl (C=O) groups is 1. The molecule has 1 aliphatic heterocycles. The maximum Gasteiger partial charge on any atom is 0.255 e. The van der Waals surface area contributed by atoms with E-state index in [0.29, 0.717) is 39.0 Å². The van der Waals surface area contributed by atoms with Crippen LogP contribution in [0.1, 0.15) is 48.7 Å². The van der Waals surface area contributed by atoms with E-state index in [0.717, 1.165) is 5.56 Å². The molecule has 1 aliphatic rings. The molecule has 0 spiro atoms. The molecule has 0 bridgehead atoms. The summed E-state index contributed by atoms with van der Waals surface area (Å²) >= 11 is 6.27. The van der Waals surface area contributed by atoms with Gasteiger partial charge in [0.05, 0.1) is 21.6 Å². The first-order chi connectivity index (χ1) is 14.8. The lowest BCUT2D eigenvalue weighted by Gasteiger charge is -2.34. The molecule has 1 fully saturated rings. The van der Waals surface area contributed by atoms with Gasteiger partial charge >= 0.3 is 0 Å². The average Bonchev–Trinajstić information content (AvgIpc) is 2.79. The van der Waals surface area contributed by atoms with Gasteiger partial charge in [0.25, 0.3) is 5.91 Å². The number of halogens is 1. The van der Waals surface area contributed by atoms with Gasteiger partial charge in [0, 0.05) is 26.2 Å². The Hall–Kier alpha value is -1.93. The van der Waals surface area contributed by atoms with Crippen LogP contribution in [0, 0.1) is 5.92 Å². The van der Waals surface area contributed by atoms with Gasteiger partial charge < -0.3 is 10.0 Å². The van der Waals surface area contributed by atoms with Crippen LogP contribution in [-0.4, -0.2) is 54.8 Å². The molecule has 168 valence electrons. The van der Waals surface area contributed by atoms with E-state index in [-0.39, 0.29) is 27.3 Å². The molecule has 31 heavy (non-hydrogen) atoms. The third-order valence-electron chi connectivity index (χ3n) is 5.93. The summed E-state index contributed by atoms with van der Waals surface area (Å²) < 4.78 is 27.0. The highest BCUT2D eigenvalue weighted by Gasteiger charge is 2.30. The molecular formula is C23H29ClN2O4S. The Morgan fingerprint density at radius 3 is 2.32 bits per heavy atom. The van der Waals surface area contributed by atoms with Crippen molar-refractivity contribution in [2.24, 2.45) is 5.92 Å². The first kappa shape index (κ1) is 23.7. The van der Waals surface area contributed by atoms with E-state index < -0.39 is 16.1 Å². The molecule has 1 saturated heterocycles. The maximum atomic E-state index is 13.1. The summed E-state index contributed by atoms with van der Waals surface area (Å²) in [7, 11) is -3.68. The molecule has 0 aliphatic carbocycles. The van der Waals surface area contributed by atoms with Gasteiger partial charge in [-0.25, -0.2) is 8.42 Å². The number of hydrogen-bond donors (Lipinski definition) is 1. The number of likely N-dealkylation sites (tertiary alicyclic amines) is 1. The number of hydrogen-bond acceptors (Lipinski definition) is 4. The van der Waals surface area contributed by atoms with E-state index in [9.17, 15) is 18.3 Å². The van der Waals surface area contributed by atoms with Gasteiger partial charge in [0.1, 0.15) is 0 Å². The second-order valence-corrected chi connectivity index (χ2v) is 10.1. The van der Waals surface area contributed by atoms with Gasteiger partial charge in [-0.3, -0.25) is 4.79 Å². The molecule has 8 heteroatoms. The van der Waals surface area contributed by atoms with Crippen molar-refractivity contribution in [3.05, 3.63) is 64.7 Å². The third kappa shape index (κ3) is 5.12. The Bertz CT molecular complexity index is 1000. The van der Waals surface area contributed by atoms with Gasteiger partial charge in [-0.1, -0.05) is 55.8 Å². The van der Waals surface area contributed by atoms with Crippen molar-refractivity contribution in [2.45, 2.75) is 37.7 Å². The van der Waals surface area contributed by atoms with Crippen LogP contribution >= 0.6 is 11.6 Å². The number of amides is 1. The minimum Gasteiger partial charge on any atom is -0.388 e. The van der Waals surface area contributed by atoms with Crippen molar-refractivity contribution in [1.82, 2.24) is 9.21 Å². The quantitative estimate of drug-likeness (QED) is 0.672. The summed E-state index contributed by atoms with van der Waals surface area (Å²) in [5, 5.41) is 10.9. The molecule has 0 radical (unpaired) electrons. The second kappa shape index (κ2) is 10.1. The summed E-state index contributed by atoms with van der Waals surface area (Å²) in [6, 6.07) is 13.8. The first-order valence-corrected chi connectivity index (χ1v) is 12.4. The predicted molar refractivity (Wildman–Crippen MR) is 122 cm³/mol. The summed E-state index contributed by atoms with van der Waals surface area (Å²) in [5.74, 6) is -0.217. The summed E-state index contributed by atoms with van der Waals surface area (Å²) in [4.78, 5) is 14.9. The van der Waals surface area contributed by atoms with Crippen LogP contribution in [0.25, 0.3) is 0 Å². The highest BCUT2D eigenvalue weighted by atomic mass is 35.5. The van der Waals surface area contributed by atoms with Crippen molar-refractivity contribution in [3.8, 4) is 0 Å². The van der Waals surface area contributed by atoms with Crippen molar-refractivity contribution >= 4 is 27.5 Å². The zero-order valence-corrected chi connectivity index (χ0v) is 19.4. The molecule has 1 atom stereocenters. The number of nitrogens with zero attached hydrogens (tertiary/aromatic N) is 2. The number of carbonyl (C=O) groups excluding carboxylic acids is 1.